The summed E-state index contributed by atoms with van der Waals surface area (Å²) >= 11 is 0. The predicted molar refractivity (Wildman–Crippen MR) is 70.6 cm³/mol. The van der Waals surface area contributed by atoms with Gasteiger partial charge in [-0.2, -0.15) is 10.4 Å². The monoisotopic (exact) mass is 271 g/mol. The third kappa shape index (κ3) is 2.59. The third-order valence-electron chi connectivity index (χ3n) is 2.65. The van der Waals surface area contributed by atoms with Crippen LogP contribution in [0.25, 0.3) is 0 Å². The Bertz CT molecular complexity index is 657. The molecule has 2 aromatic rings. The average Bonchev–Trinajstić information content (AvgIpc) is 2.77. The van der Waals surface area contributed by atoms with Crippen LogP contribution in [-0.4, -0.2) is 27.3 Å². The summed E-state index contributed by atoms with van der Waals surface area (Å²) in [5, 5.41) is 13.2. The lowest BCUT2D eigenvalue weighted by Gasteiger charge is -2.03. The number of nitriles is 1. The summed E-state index contributed by atoms with van der Waals surface area (Å²) in [6.45, 7) is 2.24. The minimum atomic E-state index is -0.649. The van der Waals surface area contributed by atoms with Crippen molar-refractivity contribution in [2.45, 2.75) is 13.5 Å². The Morgan fingerprint density at radius 3 is 2.80 bits per heavy atom. The number of nitrogens with two attached hydrogens (primary N) is 1. The fourth-order valence-corrected chi connectivity index (χ4v) is 1.71. The molecule has 2 aromatic heterocycles. The Balaban J connectivity index is 2.36. The first-order valence-electron chi connectivity index (χ1n) is 5.99. The number of hydrogen-bond donors (Lipinski definition) is 1. The molecular weight excluding hydrogens is 258 g/mol. The summed E-state index contributed by atoms with van der Waals surface area (Å²) in [6, 6.07) is 5.49. The number of hydrogen-bond acceptors (Lipinski definition) is 6. The van der Waals surface area contributed by atoms with Crippen molar-refractivity contribution < 1.29 is 9.53 Å². The van der Waals surface area contributed by atoms with E-state index in [0.29, 0.717) is 6.54 Å². The van der Waals surface area contributed by atoms with Crippen LogP contribution in [0.3, 0.4) is 0 Å². The minimum absolute atomic E-state index is 0.0394. The molecule has 0 aliphatic rings. The molecule has 2 N–H and O–H groups in total. The fourth-order valence-electron chi connectivity index (χ4n) is 1.71. The van der Waals surface area contributed by atoms with Gasteiger partial charge in [0.2, 0.25) is 0 Å². The summed E-state index contributed by atoms with van der Waals surface area (Å²) in [5.41, 5.74) is 6.75. The standard InChI is InChI=1S/C13H13N5O2/c1-2-20-13(19)11-10(7-14)12(15)18(17-11)8-9-3-5-16-6-4-9/h3-6H,2,8,15H2,1H3. The lowest BCUT2D eigenvalue weighted by Crippen LogP contribution is -2.09. The van der Waals surface area contributed by atoms with Crippen LogP contribution in [0.15, 0.2) is 24.5 Å². The topological polar surface area (TPSA) is 107 Å². The molecule has 0 amide bonds. The van der Waals surface area contributed by atoms with E-state index >= 15 is 0 Å². The van der Waals surface area contributed by atoms with Crippen molar-refractivity contribution in [3.8, 4) is 6.07 Å². The Morgan fingerprint density at radius 2 is 2.20 bits per heavy atom. The number of carbonyl (C=O) groups excluding carboxylic acids is 1. The number of ether oxygens (including phenoxy) is 1. The van der Waals surface area contributed by atoms with E-state index in [1.165, 1.54) is 4.68 Å². The SMILES string of the molecule is CCOC(=O)c1nn(Cc2ccncc2)c(N)c1C#N. The normalized spacial score (nSPS) is 10.0. The number of anilines is 1. The number of carbonyl (C=O) groups is 1. The highest BCUT2D eigenvalue weighted by molar-refractivity contribution is 5.91. The summed E-state index contributed by atoms with van der Waals surface area (Å²) in [5.74, 6) is -0.503. The molecule has 0 saturated carbocycles. The van der Waals surface area contributed by atoms with Crippen molar-refractivity contribution in [3.63, 3.8) is 0 Å². The molecule has 0 atom stereocenters. The van der Waals surface area contributed by atoms with Gasteiger partial charge in [0.25, 0.3) is 0 Å². The van der Waals surface area contributed by atoms with Crippen LogP contribution in [0.2, 0.25) is 0 Å². The third-order valence-corrected chi connectivity index (χ3v) is 2.65. The molecule has 0 aliphatic carbocycles. The zero-order valence-corrected chi connectivity index (χ0v) is 10.9. The highest BCUT2D eigenvalue weighted by Crippen LogP contribution is 2.18. The van der Waals surface area contributed by atoms with Gasteiger partial charge in [-0.15, -0.1) is 0 Å². The van der Waals surface area contributed by atoms with Gasteiger partial charge < -0.3 is 10.5 Å². The van der Waals surface area contributed by atoms with Gasteiger partial charge in [-0.05, 0) is 24.6 Å². The molecule has 2 heterocycles. The van der Waals surface area contributed by atoms with Crippen LogP contribution in [0.1, 0.15) is 28.5 Å². The first-order valence-corrected chi connectivity index (χ1v) is 5.99. The Morgan fingerprint density at radius 1 is 1.50 bits per heavy atom. The van der Waals surface area contributed by atoms with E-state index in [4.69, 9.17) is 15.7 Å². The predicted octanol–water partition coefficient (Wildman–Crippen LogP) is 0.957. The van der Waals surface area contributed by atoms with Crippen molar-refractivity contribution in [2.24, 2.45) is 0 Å². The maximum atomic E-state index is 11.7. The zero-order valence-electron chi connectivity index (χ0n) is 10.9. The highest BCUT2D eigenvalue weighted by Gasteiger charge is 2.22. The summed E-state index contributed by atoms with van der Waals surface area (Å²) in [6.07, 6.45) is 3.29. The second kappa shape index (κ2) is 5.84. The quantitative estimate of drug-likeness (QED) is 0.830. The van der Waals surface area contributed by atoms with Gasteiger partial charge in [0, 0.05) is 12.4 Å². The van der Waals surface area contributed by atoms with Crippen LogP contribution in [0.5, 0.6) is 0 Å². The Labute approximate surface area is 115 Å². The molecule has 0 fully saturated rings. The molecule has 2 rings (SSSR count). The van der Waals surface area contributed by atoms with E-state index in [1.54, 1.807) is 31.5 Å². The lowest BCUT2D eigenvalue weighted by atomic mass is 10.2. The number of aromatic nitrogens is 3. The smallest absolute Gasteiger partial charge is 0.360 e. The summed E-state index contributed by atoms with van der Waals surface area (Å²) in [7, 11) is 0. The summed E-state index contributed by atoms with van der Waals surface area (Å²) < 4.78 is 6.26. The number of nitrogen functional groups attached to an aromatic ring is 1. The Hall–Kier alpha value is -2.88. The van der Waals surface area contributed by atoms with Crippen LogP contribution < -0.4 is 5.73 Å². The summed E-state index contributed by atoms with van der Waals surface area (Å²) in [4.78, 5) is 15.6. The van der Waals surface area contributed by atoms with E-state index in [1.807, 2.05) is 6.07 Å². The van der Waals surface area contributed by atoms with Gasteiger partial charge >= 0.3 is 5.97 Å². The molecule has 7 nitrogen and oxygen atoms in total. The van der Waals surface area contributed by atoms with Crippen molar-refractivity contribution in [1.82, 2.24) is 14.8 Å². The van der Waals surface area contributed by atoms with Crippen LogP contribution in [0.4, 0.5) is 5.82 Å². The minimum Gasteiger partial charge on any atom is -0.461 e. The van der Waals surface area contributed by atoms with Crippen LogP contribution in [0, 0.1) is 11.3 Å². The fraction of sp³-hybridized carbons (Fsp3) is 0.231. The van der Waals surface area contributed by atoms with Gasteiger partial charge in [0.05, 0.1) is 13.2 Å². The van der Waals surface area contributed by atoms with Crippen molar-refractivity contribution in [2.75, 3.05) is 12.3 Å². The van der Waals surface area contributed by atoms with E-state index in [9.17, 15) is 4.79 Å². The molecule has 0 bridgehead atoms. The van der Waals surface area contributed by atoms with E-state index < -0.39 is 5.97 Å². The Kier molecular flexibility index (Phi) is 3.96. The maximum Gasteiger partial charge on any atom is 0.360 e. The number of esters is 1. The van der Waals surface area contributed by atoms with Gasteiger partial charge in [-0.25, -0.2) is 9.48 Å². The molecule has 0 aliphatic heterocycles. The zero-order chi connectivity index (χ0) is 14.5. The van der Waals surface area contributed by atoms with Gasteiger partial charge in [-0.1, -0.05) is 0 Å². The molecule has 20 heavy (non-hydrogen) atoms. The number of pyridine rings is 1. The second-order valence-electron chi connectivity index (χ2n) is 3.95. The average molecular weight is 271 g/mol. The second-order valence-corrected chi connectivity index (χ2v) is 3.95. The number of nitrogens with zero attached hydrogens (tertiary/aromatic N) is 4. The molecule has 7 heteroatoms. The molecule has 0 spiro atoms. The molecule has 0 unspecified atom stereocenters. The largest absolute Gasteiger partial charge is 0.461 e. The van der Waals surface area contributed by atoms with Crippen molar-refractivity contribution in [1.29, 1.82) is 5.26 Å². The molecular formula is C13H13N5O2. The molecule has 0 saturated heterocycles. The van der Waals surface area contributed by atoms with Gasteiger partial charge in [0.15, 0.2) is 5.69 Å². The van der Waals surface area contributed by atoms with E-state index in [0.717, 1.165) is 5.56 Å². The highest BCUT2D eigenvalue weighted by atomic mass is 16.5. The molecule has 102 valence electrons. The number of rotatable bonds is 4. The molecule has 0 aromatic carbocycles. The first kappa shape index (κ1) is 13.5. The van der Waals surface area contributed by atoms with Crippen LogP contribution in [-0.2, 0) is 11.3 Å². The van der Waals surface area contributed by atoms with E-state index in [2.05, 4.69) is 10.1 Å². The lowest BCUT2D eigenvalue weighted by molar-refractivity contribution is 0.0518. The van der Waals surface area contributed by atoms with Gasteiger partial charge in [-0.3, -0.25) is 4.98 Å². The molecule has 0 radical (unpaired) electrons. The van der Waals surface area contributed by atoms with Gasteiger partial charge in [0.1, 0.15) is 17.5 Å². The first-order chi connectivity index (χ1) is 9.67. The van der Waals surface area contributed by atoms with Crippen molar-refractivity contribution in [3.05, 3.63) is 41.3 Å². The van der Waals surface area contributed by atoms with Crippen LogP contribution >= 0.6 is 0 Å². The maximum absolute atomic E-state index is 11.7. The van der Waals surface area contributed by atoms with E-state index in [-0.39, 0.29) is 23.7 Å². The van der Waals surface area contributed by atoms with Crippen molar-refractivity contribution >= 4 is 11.8 Å².